The molecule has 4 heteroatoms. The van der Waals surface area contributed by atoms with Gasteiger partial charge in [0.1, 0.15) is 0 Å². The van der Waals surface area contributed by atoms with Crippen molar-refractivity contribution in [2.24, 2.45) is 11.8 Å². The van der Waals surface area contributed by atoms with E-state index in [4.69, 9.17) is 0 Å². The number of nitrogens with one attached hydrogen (secondary N) is 2. The first kappa shape index (κ1) is 17.5. The second-order valence-electron chi connectivity index (χ2n) is 6.47. The van der Waals surface area contributed by atoms with E-state index in [0.29, 0.717) is 23.7 Å². The lowest BCUT2D eigenvalue weighted by atomic mass is 9.99. The van der Waals surface area contributed by atoms with Gasteiger partial charge in [-0.1, -0.05) is 39.2 Å². The molecule has 2 rings (SSSR count). The van der Waals surface area contributed by atoms with E-state index in [2.05, 4.69) is 24.5 Å². The minimum atomic E-state index is -0.0672. The molecule has 1 saturated carbocycles. The molecule has 0 spiro atoms. The van der Waals surface area contributed by atoms with E-state index < -0.39 is 0 Å². The Morgan fingerprint density at radius 2 is 2.04 bits per heavy atom. The van der Waals surface area contributed by atoms with Crippen LogP contribution in [0.5, 0.6) is 0 Å². The molecular formula is C19H28N2O2. The van der Waals surface area contributed by atoms with Crippen LogP contribution < -0.4 is 10.6 Å². The number of amides is 2. The summed E-state index contributed by atoms with van der Waals surface area (Å²) in [7, 11) is 0. The van der Waals surface area contributed by atoms with Gasteiger partial charge in [0.2, 0.25) is 5.91 Å². The normalized spacial score (nSPS) is 15.0. The zero-order valence-corrected chi connectivity index (χ0v) is 14.2. The van der Waals surface area contributed by atoms with Crippen LogP contribution in [0.15, 0.2) is 24.3 Å². The van der Waals surface area contributed by atoms with Crippen LogP contribution in [0.4, 0.5) is 5.69 Å². The number of anilines is 1. The first-order valence-electron chi connectivity index (χ1n) is 8.83. The average molecular weight is 316 g/mol. The Hall–Kier alpha value is -1.84. The molecule has 0 saturated heterocycles. The van der Waals surface area contributed by atoms with E-state index in [9.17, 15) is 9.59 Å². The van der Waals surface area contributed by atoms with E-state index in [1.54, 1.807) is 12.1 Å². The third-order valence-corrected chi connectivity index (χ3v) is 4.44. The van der Waals surface area contributed by atoms with E-state index in [1.165, 1.54) is 12.8 Å². The number of carbonyl (C=O) groups is 2. The maximum Gasteiger partial charge on any atom is 0.251 e. The molecule has 0 radical (unpaired) electrons. The zero-order chi connectivity index (χ0) is 16.7. The topological polar surface area (TPSA) is 58.2 Å². The maximum absolute atomic E-state index is 12.3. The molecule has 0 aromatic heterocycles. The quantitative estimate of drug-likeness (QED) is 0.724. The monoisotopic (exact) mass is 316 g/mol. The summed E-state index contributed by atoms with van der Waals surface area (Å²) in [5.74, 6) is 0.698. The van der Waals surface area contributed by atoms with Crippen LogP contribution in [0.3, 0.4) is 0 Å². The zero-order valence-electron chi connectivity index (χ0n) is 14.2. The van der Waals surface area contributed by atoms with Crippen molar-refractivity contribution in [3.05, 3.63) is 29.8 Å². The van der Waals surface area contributed by atoms with E-state index in [1.807, 2.05) is 12.1 Å². The number of hydrogen-bond donors (Lipinski definition) is 2. The highest BCUT2D eigenvalue weighted by atomic mass is 16.2. The van der Waals surface area contributed by atoms with Crippen molar-refractivity contribution in [2.75, 3.05) is 11.9 Å². The van der Waals surface area contributed by atoms with Gasteiger partial charge in [-0.2, -0.15) is 0 Å². The summed E-state index contributed by atoms with van der Waals surface area (Å²) >= 11 is 0. The predicted octanol–water partition coefficient (Wildman–Crippen LogP) is 3.98. The van der Waals surface area contributed by atoms with Crippen molar-refractivity contribution in [1.29, 1.82) is 0 Å². The van der Waals surface area contributed by atoms with E-state index >= 15 is 0 Å². The predicted molar refractivity (Wildman–Crippen MR) is 93.4 cm³/mol. The highest BCUT2D eigenvalue weighted by molar-refractivity contribution is 5.98. The Morgan fingerprint density at radius 3 is 2.70 bits per heavy atom. The molecule has 0 heterocycles. The second kappa shape index (κ2) is 8.70. The highest BCUT2D eigenvalue weighted by Gasteiger charge is 2.29. The Balaban J connectivity index is 1.87. The van der Waals surface area contributed by atoms with E-state index in [0.717, 1.165) is 25.7 Å². The second-order valence-corrected chi connectivity index (χ2v) is 6.47. The van der Waals surface area contributed by atoms with Gasteiger partial charge >= 0.3 is 0 Å². The molecule has 1 unspecified atom stereocenters. The SMILES string of the molecule is CCCCC(CC)CNC(=O)c1cccc(NC(=O)C2CC2)c1. The molecule has 1 aliphatic rings. The summed E-state index contributed by atoms with van der Waals surface area (Å²) in [6.45, 7) is 5.07. The summed E-state index contributed by atoms with van der Waals surface area (Å²) in [5.41, 5.74) is 1.30. The molecule has 126 valence electrons. The largest absolute Gasteiger partial charge is 0.352 e. The molecule has 0 aliphatic heterocycles. The summed E-state index contributed by atoms with van der Waals surface area (Å²) < 4.78 is 0. The van der Waals surface area contributed by atoms with Crippen LogP contribution in [0.1, 0.15) is 62.7 Å². The summed E-state index contributed by atoms with van der Waals surface area (Å²) in [6, 6.07) is 7.18. The molecule has 1 atom stereocenters. The lowest BCUT2D eigenvalue weighted by Crippen LogP contribution is -2.29. The van der Waals surface area contributed by atoms with Crippen LogP contribution in [-0.2, 0) is 4.79 Å². The highest BCUT2D eigenvalue weighted by Crippen LogP contribution is 2.30. The lowest BCUT2D eigenvalue weighted by Gasteiger charge is -2.15. The van der Waals surface area contributed by atoms with Gasteiger partial charge in [0.05, 0.1) is 0 Å². The molecule has 1 aromatic rings. The van der Waals surface area contributed by atoms with Crippen LogP contribution in [-0.4, -0.2) is 18.4 Å². The minimum Gasteiger partial charge on any atom is -0.352 e. The third-order valence-electron chi connectivity index (χ3n) is 4.44. The van der Waals surface area contributed by atoms with Gasteiger partial charge in [0.15, 0.2) is 0 Å². The summed E-state index contributed by atoms with van der Waals surface area (Å²) in [4.78, 5) is 24.1. The number of hydrogen-bond acceptors (Lipinski definition) is 2. The van der Waals surface area contributed by atoms with Crippen LogP contribution >= 0.6 is 0 Å². The van der Waals surface area contributed by atoms with Crippen molar-refractivity contribution in [2.45, 2.75) is 52.4 Å². The number of unbranched alkanes of at least 4 members (excludes halogenated alkanes) is 1. The molecule has 0 bridgehead atoms. The molecule has 1 fully saturated rings. The molecule has 23 heavy (non-hydrogen) atoms. The number of carbonyl (C=O) groups excluding carboxylic acids is 2. The van der Waals surface area contributed by atoms with Crippen molar-refractivity contribution < 1.29 is 9.59 Å². The fourth-order valence-corrected chi connectivity index (χ4v) is 2.61. The molecule has 4 nitrogen and oxygen atoms in total. The van der Waals surface area contributed by atoms with Gasteiger partial charge in [0, 0.05) is 23.7 Å². The van der Waals surface area contributed by atoms with E-state index in [-0.39, 0.29) is 17.7 Å². The van der Waals surface area contributed by atoms with Crippen LogP contribution in [0.2, 0.25) is 0 Å². The fourth-order valence-electron chi connectivity index (χ4n) is 2.61. The standard InChI is InChI=1S/C19H28N2O2/c1-3-5-7-14(4-2)13-20-18(22)16-8-6-9-17(12-16)21-19(23)15-10-11-15/h6,8-9,12,14-15H,3-5,7,10-11,13H2,1-2H3,(H,20,22)(H,21,23). The Bertz CT molecular complexity index is 538. The van der Waals surface area contributed by atoms with Gasteiger partial charge in [-0.3, -0.25) is 9.59 Å². The first-order chi connectivity index (χ1) is 11.1. The molecule has 1 aromatic carbocycles. The number of rotatable bonds is 9. The van der Waals surface area contributed by atoms with Gasteiger partial charge in [-0.15, -0.1) is 0 Å². The average Bonchev–Trinajstić information content (AvgIpc) is 3.40. The molecule has 1 aliphatic carbocycles. The third kappa shape index (κ3) is 5.70. The lowest BCUT2D eigenvalue weighted by molar-refractivity contribution is -0.117. The molecular weight excluding hydrogens is 288 g/mol. The van der Waals surface area contributed by atoms with Gasteiger partial charge < -0.3 is 10.6 Å². The molecule has 2 amide bonds. The number of benzene rings is 1. The Labute approximate surface area is 139 Å². The van der Waals surface area contributed by atoms with Crippen LogP contribution in [0.25, 0.3) is 0 Å². The van der Waals surface area contributed by atoms with Crippen molar-refractivity contribution in [3.63, 3.8) is 0 Å². The first-order valence-corrected chi connectivity index (χ1v) is 8.83. The van der Waals surface area contributed by atoms with Gasteiger partial charge in [-0.25, -0.2) is 0 Å². The molecule has 2 N–H and O–H groups in total. The van der Waals surface area contributed by atoms with Crippen LogP contribution in [0, 0.1) is 11.8 Å². The van der Waals surface area contributed by atoms with Crippen molar-refractivity contribution >= 4 is 17.5 Å². The van der Waals surface area contributed by atoms with Crippen molar-refractivity contribution in [1.82, 2.24) is 5.32 Å². The Morgan fingerprint density at radius 1 is 1.26 bits per heavy atom. The smallest absolute Gasteiger partial charge is 0.251 e. The van der Waals surface area contributed by atoms with Gasteiger partial charge in [0.25, 0.3) is 5.91 Å². The van der Waals surface area contributed by atoms with Gasteiger partial charge in [-0.05, 0) is 43.4 Å². The fraction of sp³-hybridized carbons (Fsp3) is 0.579. The van der Waals surface area contributed by atoms with Crippen molar-refractivity contribution in [3.8, 4) is 0 Å². The summed E-state index contributed by atoms with van der Waals surface area (Å²) in [6.07, 6.45) is 6.58. The summed E-state index contributed by atoms with van der Waals surface area (Å²) in [5, 5.41) is 5.91. The minimum absolute atomic E-state index is 0.0631. The maximum atomic E-state index is 12.3. The Kier molecular flexibility index (Phi) is 6.63.